The smallest absolute Gasteiger partial charge is 0.226 e. The molecular formula is C12H14N4O2. The Balaban J connectivity index is 2.60. The van der Waals surface area contributed by atoms with Gasteiger partial charge in [-0.2, -0.15) is 4.98 Å². The number of aromatic nitrogens is 3. The minimum absolute atomic E-state index is 0.440. The largest absolute Gasteiger partial charge is 0.481 e. The van der Waals surface area contributed by atoms with Crippen LogP contribution in [0.15, 0.2) is 18.5 Å². The van der Waals surface area contributed by atoms with Gasteiger partial charge in [-0.25, -0.2) is 9.97 Å². The van der Waals surface area contributed by atoms with Crippen LogP contribution in [0.5, 0.6) is 11.8 Å². The van der Waals surface area contributed by atoms with Gasteiger partial charge < -0.3 is 15.2 Å². The number of nitrogens with zero attached hydrogens (tertiary/aromatic N) is 3. The van der Waals surface area contributed by atoms with Crippen molar-refractivity contribution in [2.45, 2.75) is 6.92 Å². The van der Waals surface area contributed by atoms with Crippen molar-refractivity contribution in [2.24, 2.45) is 0 Å². The molecule has 2 rings (SSSR count). The summed E-state index contributed by atoms with van der Waals surface area (Å²) in [5.74, 6) is 1.36. The lowest BCUT2D eigenvalue weighted by Gasteiger charge is -2.11. The molecule has 2 heterocycles. The van der Waals surface area contributed by atoms with E-state index in [-0.39, 0.29) is 0 Å². The molecule has 0 aliphatic rings. The lowest BCUT2D eigenvalue weighted by molar-refractivity contribution is 0.365. The normalized spacial score (nSPS) is 10.2. The predicted octanol–water partition coefficient (Wildman–Crippen LogP) is 1.45. The molecule has 6 nitrogen and oxygen atoms in total. The van der Waals surface area contributed by atoms with Crippen molar-refractivity contribution in [3.8, 4) is 23.0 Å². The summed E-state index contributed by atoms with van der Waals surface area (Å²) in [5, 5.41) is 0. The number of anilines is 1. The van der Waals surface area contributed by atoms with Gasteiger partial charge >= 0.3 is 0 Å². The molecule has 18 heavy (non-hydrogen) atoms. The fourth-order valence-corrected chi connectivity index (χ4v) is 1.61. The van der Waals surface area contributed by atoms with Crippen molar-refractivity contribution in [1.29, 1.82) is 0 Å². The van der Waals surface area contributed by atoms with Crippen LogP contribution in [0.1, 0.15) is 5.56 Å². The fourth-order valence-electron chi connectivity index (χ4n) is 1.61. The van der Waals surface area contributed by atoms with E-state index >= 15 is 0 Å². The lowest BCUT2D eigenvalue weighted by Crippen LogP contribution is -2.01. The van der Waals surface area contributed by atoms with E-state index in [9.17, 15) is 0 Å². The molecule has 0 aliphatic heterocycles. The molecule has 94 valence electrons. The Morgan fingerprint density at radius 1 is 1.11 bits per heavy atom. The maximum absolute atomic E-state index is 5.77. The van der Waals surface area contributed by atoms with E-state index in [2.05, 4.69) is 15.0 Å². The van der Waals surface area contributed by atoms with E-state index < -0.39 is 0 Å². The van der Waals surface area contributed by atoms with Gasteiger partial charge in [-0.15, -0.1) is 0 Å². The highest BCUT2D eigenvalue weighted by Crippen LogP contribution is 2.31. The first kappa shape index (κ1) is 12.1. The molecule has 0 saturated heterocycles. The highest BCUT2D eigenvalue weighted by molar-refractivity contribution is 5.71. The van der Waals surface area contributed by atoms with Crippen molar-refractivity contribution in [3.05, 3.63) is 24.0 Å². The monoisotopic (exact) mass is 246 g/mol. The molecule has 0 fully saturated rings. The Bertz CT molecular complexity index is 572. The maximum Gasteiger partial charge on any atom is 0.226 e. The van der Waals surface area contributed by atoms with Crippen LogP contribution < -0.4 is 15.2 Å². The minimum atomic E-state index is 0.440. The lowest BCUT2D eigenvalue weighted by atomic mass is 10.1. The predicted molar refractivity (Wildman–Crippen MR) is 67.5 cm³/mol. The van der Waals surface area contributed by atoms with Crippen LogP contribution in [0, 0.1) is 6.92 Å². The number of pyridine rings is 1. The SMILES string of the molecule is COc1ccc(-c2ncnc(N)c2C)c(OC)n1. The van der Waals surface area contributed by atoms with E-state index in [1.54, 1.807) is 20.3 Å². The molecule has 0 radical (unpaired) electrons. The second kappa shape index (κ2) is 4.87. The minimum Gasteiger partial charge on any atom is -0.481 e. The van der Waals surface area contributed by atoms with Crippen LogP contribution in [-0.4, -0.2) is 29.2 Å². The van der Waals surface area contributed by atoms with E-state index in [0.717, 1.165) is 11.1 Å². The molecule has 2 aromatic rings. The van der Waals surface area contributed by atoms with Crippen LogP contribution >= 0.6 is 0 Å². The number of nitrogen functional groups attached to an aromatic ring is 1. The Hall–Kier alpha value is -2.37. The fraction of sp³-hybridized carbons (Fsp3) is 0.250. The van der Waals surface area contributed by atoms with Gasteiger partial charge in [0.25, 0.3) is 0 Å². The van der Waals surface area contributed by atoms with Crippen LogP contribution in [-0.2, 0) is 0 Å². The zero-order valence-electron chi connectivity index (χ0n) is 10.5. The molecular weight excluding hydrogens is 232 g/mol. The van der Waals surface area contributed by atoms with Crippen LogP contribution in [0.25, 0.3) is 11.3 Å². The summed E-state index contributed by atoms with van der Waals surface area (Å²) in [6.07, 6.45) is 1.42. The maximum atomic E-state index is 5.77. The molecule has 0 atom stereocenters. The van der Waals surface area contributed by atoms with Gasteiger partial charge in [-0.05, 0) is 13.0 Å². The summed E-state index contributed by atoms with van der Waals surface area (Å²) in [7, 11) is 3.10. The number of methoxy groups -OCH3 is 2. The molecule has 0 spiro atoms. The molecule has 2 N–H and O–H groups in total. The number of hydrogen-bond acceptors (Lipinski definition) is 6. The third-order valence-electron chi connectivity index (χ3n) is 2.62. The number of rotatable bonds is 3. The highest BCUT2D eigenvalue weighted by Gasteiger charge is 2.14. The van der Waals surface area contributed by atoms with Crippen LogP contribution in [0.2, 0.25) is 0 Å². The van der Waals surface area contributed by atoms with Crippen molar-refractivity contribution < 1.29 is 9.47 Å². The summed E-state index contributed by atoms with van der Waals surface area (Å²) in [6, 6.07) is 3.58. The molecule has 0 amide bonds. The summed E-state index contributed by atoms with van der Waals surface area (Å²) in [6.45, 7) is 1.86. The molecule has 0 saturated carbocycles. The van der Waals surface area contributed by atoms with Gasteiger partial charge in [0.05, 0.1) is 25.5 Å². The summed E-state index contributed by atoms with van der Waals surface area (Å²) in [5.41, 5.74) is 8.02. The van der Waals surface area contributed by atoms with Crippen molar-refractivity contribution in [3.63, 3.8) is 0 Å². The van der Waals surface area contributed by atoms with E-state index in [0.29, 0.717) is 23.3 Å². The first-order valence-electron chi connectivity index (χ1n) is 5.33. The first-order chi connectivity index (χ1) is 8.67. The number of ether oxygens (including phenoxy) is 2. The highest BCUT2D eigenvalue weighted by atomic mass is 16.5. The average Bonchev–Trinajstić information content (AvgIpc) is 2.41. The molecule has 0 aliphatic carbocycles. The third kappa shape index (κ3) is 2.04. The van der Waals surface area contributed by atoms with Crippen molar-refractivity contribution >= 4 is 5.82 Å². The van der Waals surface area contributed by atoms with Gasteiger partial charge in [0.2, 0.25) is 11.8 Å². The number of nitrogens with two attached hydrogens (primary N) is 1. The van der Waals surface area contributed by atoms with Gasteiger partial charge in [0.1, 0.15) is 12.1 Å². The summed E-state index contributed by atoms with van der Waals surface area (Å²) >= 11 is 0. The van der Waals surface area contributed by atoms with Gasteiger partial charge in [0, 0.05) is 11.6 Å². The number of hydrogen-bond donors (Lipinski definition) is 1. The average molecular weight is 246 g/mol. The summed E-state index contributed by atoms with van der Waals surface area (Å²) < 4.78 is 10.3. The van der Waals surface area contributed by atoms with Crippen LogP contribution in [0.4, 0.5) is 5.82 Å². The zero-order valence-corrected chi connectivity index (χ0v) is 10.5. The first-order valence-corrected chi connectivity index (χ1v) is 5.33. The standard InChI is InChI=1S/C12H14N4O2/c1-7-10(14-6-15-11(7)13)8-4-5-9(17-2)16-12(8)18-3/h4-6H,1-3H3,(H2,13,14,15). The Kier molecular flexibility index (Phi) is 3.27. The molecule has 0 unspecified atom stereocenters. The zero-order chi connectivity index (χ0) is 13.1. The van der Waals surface area contributed by atoms with Gasteiger partial charge in [-0.1, -0.05) is 0 Å². The van der Waals surface area contributed by atoms with Gasteiger partial charge in [-0.3, -0.25) is 0 Å². The van der Waals surface area contributed by atoms with Gasteiger partial charge in [0.15, 0.2) is 0 Å². The van der Waals surface area contributed by atoms with E-state index in [1.807, 2.05) is 13.0 Å². The Labute approximate surface area is 105 Å². The molecule has 6 heteroatoms. The Morgan fingerprint density at radius 3 is 2.56 bits per heavy atom. The molecule has 2 aromatic heterocycles. The van der Waals surface area contributed by atoms with E-state index in [4.69, 9.17) is 15.2 Å². The van der Waals surface area contributed by atoms with Crippen molar-refractivity contribution in [1.82, 2.24) is 15.0 Å². The van der Waals surface area contributed by atoms with Crippen molar-refractivity contribution in [2.75, 3.05) is 20.0 Å². The summed E-state index contributed by atoms with van der Waals surface area (Å²) in [4.78, 5) is 12.4. The van der Waals surface area contributed by atoms with E-state index in [1.165, 1.54) is 6.33 Å². The Morgan fingerprint density at radius 2 is 1.89 bits per heavy atom. The third-order valence-corrected chi connectivity index (χ3v) is 2.62. The second-order valence-corrected chi connectivity index (χ2v) is 3.64. The molecule has 0 bridgehead atoms. The molecule has 0 aromatic carbocycles. The topological polar surface area (TPSA) is 83.2 Å². The van der Waals surface area contributed by atoms with Crippen LogP contribution in [0.3, 0.4) is 0 Å². The quantitative estimate of drug-likeness (QED) is 0.882. The second-order valence-electron chi connectivity index (χ2n) is 3.64.